The second-order valence-corrected chi connectivity index (χ2v) is 17.7. The van der Waals surface area contributed by atoms with Crippen molar-refractivity contribution in [3.63, 3.8) is 0 Å². The first-order valence-electron chi connectivity index (χ1n) is 22.3. The number of aromatic nitrogens is 4. The molecular weight excluding hydrogens is 939 g/mol. The van der Waals surface area contributed by atoms with Gasteiger partial charge < -0.3 is 29.7 Å². The Hall–Kier alpha value is -7.90. The zero-order valence-corrected chi connectivity index (χ0v) is 38.5. The lowest BCUT2D eigenvalue weighted by Gasteiger charge is -2.27. The number of benzene rings is 5. The van der Waals surface area contributed by atoms with Crippen molar-refractivity contribution < 1.29 is 65.2 Å². The largest absolute Gasteiger partial charge is 0.490 e. The highest BCUT2D eigenvalue weighted by Crippen LogP contribution is 2.36. The minimum atomic E-state index is -5.08. The van der Waals surface area contributed by atoms with Crippen molar-refractivity contribution in [3.8, 4) is 33.5 Å². The summed E-state index contributed by atoms with van der Waals surface area (Å²) in [4.78, 5) is 63.9. The number of carbonyl (C=O) groups is 4. The molecule has 71 heavy (non-hydrogen) atoms. The van der Waals surface area contributed by atoms with Crippen LogP contribution in [0.4, 0.5) is 35.9 Å². The predicted octanol–water partition coefficient (Wildman–Crippen LogP) is 12.3. The van der Waals surface area contributed by atoms with Gasteiger partial charge in [0, 0.05) is 13.1 Å². The first-order chi connectivity index (χ1) is 33.5. The third-order valence-corrected chi connectivity index (χ3v) is 11.5. The number of aliphatic carboxylic acids is 2. The molecule has 9 rings (SSSR count). The SMILES string of the molecule is CC(C)(C)OC(=O)N1CCC[C@H]1c1nc2ccc(-c3ccc4cc(-c5ccc(-c6cnc([C@@H]7CCCN7C(=O)OCc7ccccc7)[nH]6)cc5)ccc4c3)cc2[nH]1.O=C(O)C(F)(F)F.O=C(O)C(F)(F)F. The smallest absolute Gasteiger partial charge is 0.475 e. The number of carboxylic acids is 2. The molecule has 0 radical (unpaired) electrons. The van der Waals surface area contributed by atoms with E-state index in [1.54, 1.807) is 9.80 Å². The number of nitrogens with one attached hydrogen (secondary N) is 2. The summed E-state index contributed by atoms with van der Waals surface area (Å²) in [6.45, 7) is 7.24. The van der Waals surface area contributed by atoms with Crippen LogP contribution in [0.3, 0.4) is 0 Å². The van der Waals surface area contributed by atoms with Crippen molar-refractivity contribution in [2.45, 2.75) is 83.1 Å². The second kappa shape index (κ2) is 21.0. The lowest BCUT2D eigenvalue weighted by atomic mass is 9.97. The number of carboxylic acid groups (broad SMARTS) is 2. The van der Waals surface area contributed by atoms with Gasteiger partial charge in [0.1, 0.15) is 23.9 Å². The highest BCUT2D eigenvalue weighted by atomic mass is 19.4. The van der Waals surface area contributed by atoms with Crippen LogP contribution in [-0.4, -0.2) is 95.1 Å². The molecule has 0 bridgehead atoms. The Labute approximate surface area is 402 Å². The Bertz CT molecular complexity index is 3000. The van der Waals surface area contributed by atoms with Crippen molar-refractivity contribution in [3.05, 3.63) is 133 Å². The van der Waals surface area contributed by atoms with Gasteiger partial charge in [-0.25, -0.2) is 29.1 Å². The van der Waals surface area contributed by atoms with Crippen LogP contribution >= 0.6 is 0 Å². The number of fused-ring (bicyclic) bond motifs is 2. The average Bonchev–Trinajstić information content (AvgIpc) is 4.17. The van der Waals surface area contributed by atoms with Crippen LogP contribution in [0.1, 0.15) is 75.8 Å². The fourth-order valence-electron chi connectivity index (χ4n) is 8.13. The first kappa shape index (κ1) is 51.0. The number of halogens is 6. The third kappa shape index (κ3) is 12.9. The van der Waals surface area contributed by atoms with Gasteiger partial charge in [-0.05, 0) is 115 Å². The van der Waals surface area contributed by atoms with Gasteiger partial charge in [0.05, 0.1) is 35.0 Å². The summed E-state index contributed by atoms with van der Waals surface area (Å²) >= 11 is 0. The summed E-state index contributed by atoms with van der Waals surface area (Å²) in [5.74, 6) is -3.93. The molecule has 7 aromatic rings. The van der Waals surface area contributed by atoms with Gasteiger partial charge >= 0.3 is 36.5 Å². The maximum atomic E-state index is 13.0. The van der Waals surface area contributed by atoms with Gasteiger partial charge in [-0.1, -0.05) is 84.9 Å². The van der Waals surface area contributed by atoms with Gasteiger partial charge in [0.15, 0.2) is 0 Å². The van der Waals surface area contributed by atoms with Crippen molar-refractivity contribution in [1.82, 2.24) is 29.7 Å². The van der Waals surface area contributed by atoms with Crippen molar-refractivity contribution in [2.75, 3.05) is 13.1 Å². The molecule has 4 N–H and O–H groups in total. The Balaban J connectivity index is 0.000000465. The standard InChI is InChI=1S/C47H46N6O4.2C2HF3O2/c1-47(2,3)57-46(55)53-24-8-12-42(53)44-49-38-22-21-37(27-39(38)50-44)36-20-19-34-25-33(17-18-35(34)26-36)31-13-15-32(16-14-31)40-28-48-43(51-40)41-11-7-23-52(41)45(54)56-29-30-9-5-4-6-10-30;2*3-2(4,5)1(6)7/h4-6,9-10,13-22,25-28,41-42H,7-8,11-12,23-24,29H2,1-3H3,(H,48,51)(H,49,50);2*(H,6,7)/t41-,42-;;/m0../s1. The van der Waals surface area contributed by atoms with E-state index in [2.05, 4.69) is 82.8 Å². The molecule has 0 unspecified atom stereocenters. The van der Waals surface area contributed by atoms with E-state index in [0.717, 1.165) is 98.2 Å². The molecule has 2 aromatic heterocycles. The van der Waals surface area contributed by atoms with E-state index in [1.807, 2.05) is 63.4 Å². The fourth-order valence-corrected chi connectivity index (χ4v) is 8.13. The number of alkyl halides is 6. The van der Waals surface area contributed by atoms with Crippen molar-refractivity contribution >= 4 is 45.9 Å². The number of ether oxygens (including phenoxy) is 2. The van der Waals surface area contributed by atoms with Gasteiger partial charge in [-0.3, -0.25) is 9.80 Å². The van der Waals surface area contributed by atoms with Crippen LogP contribution in [0.5, 0.6) is 0 Å². The third-order valence-electron chi connectivity index (χ3n) is 11.5. The van der Waals surface area contributed by atoms with Crippen LogP contribution in [0.15, 0.2) is 115 Å². The van der Waals surface area contributed by atoms with E-state index in [-0.39, 0.29) is 30.9 Å². The Morgan fingerprint density at radius 3 is 1.69 bits per heavy atom. The molecule has 4 heterocycles. The van der Waals surface area contributed by atoms with E-state index in [9.17, 15) is 35.9 Å². The number of imidazole rings is 2. The van der Waals surface area contributed by atoms with Crippen LogP contribution in [0.2, 0.25) is 0 Å². The molecule has 372 valence electrons. The van der Waals surface area contributed by atoms with Crippen LogP contribution in [0, 0.1) is 0 Å². The van der Waals surface area contributed by atoms with Gasteiger partial charge in [-0.2, -0.15) is 26.3 Å². The number of H-pyrrole nitrogens is 2. The molecule has 2 aliphatic heterocycles. The van der Waals surface area contributed by atoms with Crippen LogP contribution in [-0.2, 0) is 25.7 Å². The normalized spacial score (nSPS) is 16.0. The highest BCUT2D eigenvalue weighted by molar-refractivity contribution is 5.92. The highest BCUT2D eigenvalue weighted by Gasteiger charge is 2.39. The van der Waals surface area contributed by atoms with Gasteiger partial charge in [0.25, 0.3) is 0 Å². The molecular formula is C51H48F6N6O8. The van der Waals surface area contributed by atoms with E-state index in [0.29, 0.717) is 13.1 Å². The summed E-state index contributed by atoms with van der Waals surface area (Å²) in [5.41, 5.74) is 8.68. The van der Waals surface area contributed by atoms with E-state index in [1.165, 1.54) is 0 Å². The van der Waals surface area contributed by atoms with E-state index < -0.39 is 29.9 Å². The molecule has 20 heteroatoms. The Kier molecular flexibility index (Phi) is 15.1. The minimum Gasteiger partial charge on any atom is -0.475 e. The minimum absolute atomic E-state index is 0.127. The second-order valence-electron chi connectivity index (χ2n) is 17.7. The quantitative estimate of drug-likeness (QED) is 0.112. The molecule has 2 fully saturated rings. The summed E-state index contributed by atoms with van der Waals surface area (Å²) in [6, 6.07) is 37.4. The van der Waals surface area contributed by atoms with Gasteiger partial charge in [-0.15, -0.1) is 0 Å². The number of amides is 2. The summed E-state index contributed by atoms with van der Waals surface area (Å²) in [7, 11) is 0. The number of carbonyl (C=O) groups excluding carboxylic acids is 2. The zero-order valence-electron chi connectivity index (χ0n) is 38.5. The van der Waals surface area contributed by atoms with Crippen molar-refractivity contribution in [1.29, 1.82) is 0 Å². The lowest BCUT2D eigenvalue weighted by molar-refractivity contribution is -0.193. The number of nitrogens with zero attached hydrogens (tertiary/aromatic N) is 4. The summed E-state index contributed by atoms with van der Waals surface area (Å²) < 4.78 is 74.8. The number of rotatable bonds is 7. The van der Waals surface area contributed by atoms with Crippen molar-refractivity contribution in [2.24, 2.45) is 0 Å². The molecule has 2 amide bonds. The summed E-state index contributed by atoms with van der Waals surface area (Å²) in [6.07, 6.45) is -5.40. The Morgan fingerprint density at radius 1 is 0.634 bits per heavy atom. The monoisotopic (exact) mass is 986 g/mol. The van der Waals surface area contributed by atoms with E-state index >= 15 is 0 Å². The molecule has 14 nitrogen and oxygen atoms in total. The maximum absolute atomic E-state index is 13.0. The van der Waals surface area contributed by atoms with E-state index in [4.69, 9.17) is 39.2 Å². The molecule has 2 atom stereocenters. The number of hydrogen-bond donors (Lipinski definition) is 4. The number of hydrogen-bond acceptors (Lipinski definition) is 8. The summed E-state index contributed by atoms with van der Waals surface area (Å²) in [5, 5.41) is 16.6. The fraction of sp³-hybridized carbons (Fsp3) is 0.294. The molecule has 0 aliphatic carbocycles. The molecule has 5 aromatic carbocycles. The van der Waals surface area contributed by atoms with Crippen LogP contribution < -0.4 is 0 Å². The lowest BCUT2D eigenvalue weighted by Crippen LogP contribution is -2.36. The predicted molar refractivity (Wildman–Crippen MR) is 250 cm³/mol. The number of likely N-dealkylation sites (tertiary alicyclic amines) is 2. The maximum Gasteiger partial charge on any atom is 0.490 e. The molecule has 0 spiro atoms. The van der Waals surface area contributed by atoms with Gasteiger partial charge in [0.2, 0.25) is 0 Å². The number of aromatic amines is 2. The molecule has 2 aliphatic rings. The van der Waals surface area contributed by atoms with Crippen LogP contribution in [0.25, 0.3) is 55.3 Å². The molecule has 0 saturated carbocycles. The zero-order chi connectivity index (χ0) is 51.3. The molecule has 2 saturated heterocycles. The topological polar surface area (TPSA) is 191 Å². The Morgan fingerprint density at radius 2 is 1.13 bits per heavy atom. The first-order valence-corrected chi connectivity index (χ1v) is 22.3. The average molecular weight is 987 g/mol.